The summed E-state index contributed by atoms with van der Waals surface area (Å²) in [6.45, 7) is 5.08. The van der Waals surface area contributed by atoms with Crippen molar-refractivity contribution >= 4 is 34.7 Å². The minimum Gasteiger partial charge on any atom is -0.396 e. The highest BCUT2D eigenvalue weighted by atomic mass is 35.5. The molecule has 20 heavy (non-hydrogen) atoms. The monoisotopic (exact) mass is 314 g/mol. The van der Waals surface area contributed by atoms with E-state index in [0.717, 1.165) is 19.4 Å². The fourth-order valence-electron chi connectivity index (χ4n) is 2.81. The maximum absolute atomic E-state index is 12.6. The molecule has 0 bridgehead atoms. The number of benzene rings is 1. The van der Waals surface area contributed by atoms with Gasteiger partial charge in [-0.1, -0.05) is 29.6 Å². The van der Waals surface area contributed by atoms with Gasteiger partial charge in [-0.25, -0.2) is 0 Å². The van der Waals surface area contributed by atoms with Gasteiger partial charge in [-0.05, 0) is 45.4 Å². The minimum atomic E-state index is -0.166. The fourth-order valence-corrected chi connectivity index (χ4v) is 3.30. The molecule has 1 aromatic rings. The first kappa shape index (κ1) is 15.6. The molecule has 5 heteroatoms. The molecular weight excluding hydrogens is 295 g/mol. The van der Waals surface area contributed by atoms with Crippen molar-refractivity contribution in [1.29, 1.82) is 0 Å². The molecule has 1 aliphatic rings. The van der Waals surface area contributed by atoms with Gasteiger partial charge in [-0.3, -0.25) is 9.69 Å². The van der Waals surface area contributed by atoms with Crippen LogP contribution in [-0.4, -0.2) is 29.3 Å². The van der Waals surface area contributed by atoms with E-state index >= 15 is 0 Å². The summed E-state index contributed by atoms with van der Waals surface area (Å²) in [4.78, 5) is 14.9. The lowest BCUT2D eigenvalue weighted by Crippen LogP contribution is -2.47. The molecule has 2 unspecified atom stereocenters. The second kappa shape index (κ2) is 6.33. The summed E-state index contributed by atoms with van der Waals surface area (Å²) in [7, 11) is 0. The first-order chi connectivity index (χ1) is 9.41. The number of nitrogens with two attached hydrogens (primary N) is 1. The summed E-state index contributed by atoms with van der Waals surface area (Å²) in [6.07, 6.45) is 3.52. The van der Waals surface area contributed by atoms with Crippen molar-refractivity contribution in [3.63, 3.8) is 0 Å². The molecule has 2 atom stereocenters. The number of nitrogens with zero attached hydrogens (tertiary/aromatic N) is 1. The standard InChI is InChI=1S/C15H20Cl2N2O/c1-9-5-3-4-6-19(9)10(2)15(20)11-7-12(16)14(18)13(17)8-11/h7-10H,3-6,18H2,1-2H3. The molecule has 3 nitrogen and oxygen atoms in total. The molecule has 0 saturated carbocycles. The Balaban J connectivity index is 2.22. The summed E-state index contributed by atoms with van der Waals surface area (Å²) >= 11 is 12.0. The zero-order valence-electron chi connectivity index (χ0n) is 11.8. The van der Waals surface area contributed by atoms with E-state index in [1.165, 1.54) is 6.42 Å². The maximum Gasteiger partial charge on any atom is 0.179 e. The third-order valence-electron chi connectivity index (χ3n) is 4.09. The number of piperidine rings is 1. The summed E-state index contributed by atoms with van der Waals surface area (Å²) < 4.78 is 0. The van der Waals surface area contributed by atoms with Crippen LogP contribution in [0.5, 0.6) is 0 Å². The van der Waals surface area contributed by atoms with E-state index in [9.17, 15) is 4.79 Å². The van der Waals surface area contributed by atoms with Crippen LogP contribution in [0, 0.1) is 0 Å². The quantitative estimate of drug-likeness (QED) is 0.677. The zero-order valence-corrected chi connectivity index (χ0v) is 13.3. The van der Waals surface area contributed by atoms with Crippen molar-refractivity contribution < 1.29 is 4.79 Å². The van der Waals surface area contributed by atoms with Gasteiger partial charge in [0, 0.05) is 11.6 Å². The van der Waals surface area contributed by atoms with Gasteiger partial charge in [0.1, 0.15) is 0 Å². The molecule has 0 aliphatic carbocycles. The van der Waals surface area contributed by atoms with Crippen LogP contribution in [-0.2, 0) is 0 Å². The smallest absolute Gasteiger partial charge is 0.179 e. The van der Waals surface area contributed by atoms with Crippen LogP contribution in [0.15, 0.2) is 12.1 Å². The number of hydrogen-bond acceptors (Lipinski definition) is 3. The number of anilines is 1. The van der Waals surface area contributed by atoms with Gasteiger partial charge in [0.2, 0.25) is 0 Å². The Morgan fingerprint density at radius 2 is 1.95 bits per heavy atom. The van der Waals surface area contributed by atoms with E-state index in [1.807, 2.05) is 6.92 Å². The minimum absolute atomic E-state index is 0.0440. The second-order valence-electron chi connectivity index (χ2n) is 5.48. The lowest BCUT2D eigenvalue weighted by Gasteiger charge is -2.37. The first-order valence-electron chi connectivity index (χ1n) is 6.96. The number of likely N-dealkylation sites (tertiary alicyclic amines) is 1. The number of rotatable bonds is 3. The van der Waals surface area contributed by atoms with Gasteiger partial charge >= 0.3 is 0 Å². The number of carbonyl (C=O) groups excluding carboxylic acids is 1. The van der Waals surface area contributed by atoms with Crippen molar-refractivity contribution in [3.8, 4) is 0 Å². The second-order valence-corrected chi connectivity index (χ2v) is 6.29. The number of halogens is 2. The highest BCUT2D eigenvalue weighted by molar-refractivity contribution is 6.39. The van der Waals surface area contributed by atoms with Crippen LogP contribution >= 0.6 is 23.2 Å². The Bertz CT molecular complexity index is 496. The van der Waals surface area contributed by atoms with Gasteiger partial charge in [0.25, 0.3) is 0 Å². The Morgan fingerprint density at radius 1 is 1.35 bits per heavy atom. The van der Waals surface area contributed by atoms with Crippen molar-refractivity contribution in [3.05, 3.63) is 27.7 Å². The van der Waals surface area contributed by atoms with Crippen LogP contribution in [0.3, 0.4) is 0 Å². The Morgan fingerprint density at radius 3 is 2.50 bits per heavy atom. The molecule has 0 amide bonds. The predicted octanol–water partition coefficient (Wildman–Crippen LogP) is 4.02. The SMILES string of the molecule is CC1CCCCN1C(C)C(=O)c1cc(Cl)c(N)c(Cl)c1. The molecule has 0 aromatic heterocycles. The van der Waals surface area contributed by atoms with Crippen molar-refractivity contribution in [2.75, 3.05) is 12.3 Å². The zero-order chi connectivity index (χ0) is 14.9. The van der Waals surface area contributed by atoms with Crippen LogP contribution in [0.2, 0.25) is 10.0 Å². The fraction of sp³-hybridized carbons (Fsp3) is 0.533. The highest BCUT2D eigenvalue weighted by Crippen LogP contribution is 2.30. The van der Waals surface area contributed by atoms with E-state index in [-0.39, 0.29) is 11.8 Å². The third kappa shape index (κ3) is 3.11. The molecular formula is C15H20Cl2N2O. The normalized spacial score (nSPS) is 21.7. The van der Waals surface area contributed by atoms with Gasteiger partial charge in [0.15, 0.2) is 5.78 Å². The molecule has 2 N–H and O–H groups in total. The molecule has 0 spiro atoms. The number of Topliss-reactive ketones (excluding diaryl/α,β-unsaturated/α-hetero) is 1. The molecule has 1 saturated heterocycles. The molecule has 1 heterocycles. The van der Waals surface area contributed by atoms with Gasteiger partial charge < -0.3 is 5.73 Å². The van der Waals surface area contributed by atoms with E-state index in [1.54, 1.807) is 12.1 Å². The molecule has 1 aromatic carbocycles. The molecule has 110 valence electrons. The first-order valence-corrected chi connectivity index (χ1v) is 7.72. The van der Waals surface area contributed by atoms with Crippen LogP contribution < -0.4 is 5.73 Å². The van der Waals surface area contributed by atoms with E-state index < -0.39 is 0 Å². The average molecular weight is 315 g/mol. The number of nitrogen functional groups attached to an aromatic ring is 1. The molecule has 1 fully saturated rings. The molecule has 2 rings (SSSR count). The van der Waals surface area contributed by atoms with Gasteiger partial charge in [-0.2, -0.15) is 0 Å². The third-order valence-corrected chi connectivity index (χ3v) is 4.72. The Labute approximate surface area is 130 Å². The van der Waals surface area contributed by atoms with Crippen LogP contribution in [0.4, 0.5) is 5.69 Å². The van der Waals surface area contributed by atoms with E-state index in [2.05, 4.69) is 11.8 Å². The maximum atomic E-state index is 12.6. The summed E-state index contributed by atoms with van der Waals surface area (Å²) in [6, 6.07) is 3.48. The van der Waals surface area contributed by atoms with Crippen molar-refractivity contribution in [1.82, 2.24) is 4.90 Å². The highest BCUT2D eigenvalue weighted by Gasteiger charge is 2.28. The summed E-state index contributed by atoms with van der Waals surface area (Å²) in [5.41, 5.74) is 6.56. The van der Waals surface area contributed by atoms with E-state index in [4.69, 9.17) is 28.9 Å². The lowest BCUT2D eigenvalue weighted by atomic mass is 9.97. The van der Waals surface area contributed by atoms with Crippen LogP contribution in [0.25, 0.3) is 0 Å². The number of hydrogen-bond donors (Lipinski definition) is 1. The molecule has 0 radical (unpaired) electrons. The van der Waals surface area contributed by atoms with Crippen molar-refractivity contribution in [2.24, 2.45) is 0 Å². The number of carbonyl (C=O) groups is 1. The number of ketones is 1. The van der Waals surface area contributed by atoms with Gasteiger partial charge in [-0.15, -0.1) is 0 Å². The topological polar surface area (TPSA) is 46.3 Å². The van der Waals surface area contributed by atoms with Crippen LogP contribution in [0.1, 0.15) is 43.5 Å². The van der Waals surface area contributed by atoms with Crippen molar-refractivity contribution in [2.45, 2.75) is 45.2 Å². The van der Waals surface area contributed by atoms with Gasteiger partial charge in [0.05, 0.1) is 21.8 Å². The lowest BCUT2D eigenvalue weighted by molar-refractivity contribution is 0.0701. The van der Waals surface area contributed by atoms with E-state index in [0.29, 0.717) is 27.3 Å². The summed E-state index contributed by atoms with van der Waals surface area (Å²) in [5.74, 6) is 0.0440. The molecule has 1 aliphatic heterocycles. The summed E-state index contributed by atoms with van der Waals surface area (Å²) in [5, 5.41) is 0.666. The predicted molar refractivity (Wildman–Crippen MR) is 84.7 cm³/mol. The largest absolute Gasteiger partial charge is 0.396 e. The Kier molecular flexibility index (Phi) is 4.95. The average Bonchev–Trinajstić information content (AvgIpc) is 2.43. The Hall–Kier alpha value is -0.770.